The van der Waals surface area contributed by atoms with Gasteiger partial charge in [-0.05, 0) is 64.7 Å². The Morgan fingerprint density at radius 3 is 1.97 bits per heavy atom. The van der Waals surface area contributed by atoms with Crippen molar-refractivity contribution in [1.29, 1.82) is 0 Å². The lowest BCUT2D eigenvalue weighted by Crippen LogP contribution is -2.43. The molecule has 0 spiro atoms. The van der Waals surface area contributed by atoms with E-state index in [1.165, 1.54) is 32.2 Å². The van der Waals surface area contributed by atoms with Gasteiger partial charge in [0.05, 0.1) is 9.52 Å². The minimum atomic E-state index is -1.27. The third-order valence-corrected chi connectivity index (χ3v) is 11.9. The first-order valence-electron chi connectivity index (χ1n) is 11.0. The molecule has 0 amide bonds. The van der Waals surface area contributed by atoms with E-state index < -0.39 is 18.6 Å². The summed E-state index contributed by atoms with van der Waals surface area (Å²) in [6.07, 6.45) is 7.22. The Morgan fingerprint density at radius 2 is 1.45 bits per heavy atom. The van der Waals surface area contributed by atoms with Crippen molar-refractivity contribution in [2.24, 2.45) is 0 Å². The zero-order valence-corrected chi connectivity index (χ0v) is 23.3. The molecule has 0 heterocycles. The van der Waals surface area contributed by atoms with Gasteiger partial charge < -0.3 is 27.5 Å². The van der Waals surface area contributed by atoms with E-state index >= 15 is 0 Å². The minimum Gasteiger partial charge on any atom is -0.397 e. The fourth-order valence-corrected chi connectivity index (χ4v) is 8.52. The maximum Gasteiger partial charge on any atom is 0.387 e. The van der Waals surface area contributed by atoms with Crippen molar-refractivity contribution in [2.45, 2.75) is 63.6 Å². The fourth-order valence-electron chi connectivity index (χ4n) is 3.50. The minimum absolute atomic E-state index is 0.158. The summed E-state index contributed by atoms with van der Waals surface area (Å²) in [4.78, 5) is 4.95. The van der Waals surface area contributed by atoms with E-state index in [-0.39, 0.29) is 4.66 Å². The predicted octanol–water partition coefficient (Wildman–Crippen LogP) is 3.15. The summed E-state index contributed by atoms with van der Waals surface area (Å²) >= 11 is 0. The summed E-state index contributed by atoms with van der Waals surface area (Å²) in [5.74, 6) is 0. The number of hydrogen-bond donors (Lipinski definition) is 0. The Balaban J connectivity index is 4.44. The Hall–Kier alpha value is 0.411. The van der Waals surface area contributed by atoms with Gasteiger partial charge in [-0.2, -0.15) is 0 Å². The van der Waals surface area contributed by atoms with E-state index in [1.807, 2.05) is 14.2 Å². The summed E-state index contributed by atoms with van der Waals surface area (Å²) in [6, 6.07) is 1.03. The van der Waals surface area contributed by atoms with Crippen LogP contribution in [-0.4, -0.2) is 106 Å². The smallest absolute Gasteiger partial charge is 0.387 e. The van der Waals surface area contributed by atoms with Crippen molar-refractivity contribution >= 4 is 28.1 Å². The highest BCUT2D eigenvalue weighted by molar-refractivity contribution is 6.66. The second-order valence-corrected chi connectivity index (χ2v) is 14.5. The monoisotopic (exact) mass is 462 g/mol. The first-order chi connectivity index (χ1) is 13.9. The largest absolute Gasteiger partial charge is 0.397 e. The van der Waals surface area contributed by atoms with Crippen molar-refractivity contribution < 1.29 is 17.7 Å². The van der Waals surface area contributed by atoms with Crippen LogP contribution in [0.2, 0.25) is 10.7 Å². The highest BCUT2D eigenvalue weighted by Crippen LogP contribution is 2.35. The Bertz CT molecular complexity index is 374. The van der Waals surface area contributed by atoms with Gasteiger partial charge in [0, 0.05) is 33.1 Å². The van der Waals surface area contributed by atoms with Gasteiger partial charge >= 0.3 is 18.6 Å². The van der Waals surface area contributed by atoms with Crippen molar-refractivity contribution in [1.82, 2.24) is 9.80 Å². The molecular formula is C20H46N2O4Si3. The second-order valence-electron chi connectivity index (χ2n) is 7.66. The van der Waals surface area contributed by atoms with Gasteiger partial charge in [0.2, 0.25) is 0 Å². The van der Waals surface area contributed by atoms with Crippen molar-refractivity contribution in [2.75, 3.05) is 67.8 Å². The number of nitrogens with zero attached hydrogens (tertiary/aromatic N) is 2. The average molecular weight is 463 g/mol. The van der Waals surface area contributed by atoms with E-state index in [1.54, 1.807) is 14.2 Å². The number of rotatable bonds is 20. The first-order valence-corrected chi connectivity index (χ1v) is 15.0. The maximum atomic E-state index is 5.80. The standard InChI is InChI=1S/C20H46N2O4Si3/c1-9-22(10-2)17-13-11-12-15-20(3,29(25-7)26-8)27-19-21(4)16-14-18-28(23-5)24-6/h9-19H2,1-8H3. The SMILES string of the molecule is CCN(CC)CCCCCC(C)([Si]CN(C)CCC[Si](OC)OC)[Si](OC)OC. The summed E-state index contributed by atoms with van der Waals surface area (Å²) in [7, 11) is 7.81. The van der Waals surface area contributed by atoms with Crippen LogP contribution in [0.1, 0.15) is 52.9 Å². The lowest BCUT2D eigenvalue weighted by atomic mass is 10.1. The molecule has 0 aliphatic rings. The third kappa shape index (κ3) is 12.8. The van der Waals surface area contributed by atoms with Gasteiger partial charge in [0.25, 0.3) is 0 Å². The highest BCUT2D eigenvalue weighted by atomic mass is 28.3. The molecule has 0 N–H and O–H groups in total. The molecule has 0 aliphatic heterocycles. The maximum absolute atomic E-state index is 5.80. The van der Waals surface area contributed by atoms with Crippen LogP contribution >= 0.6 is 0 Å². The molecule has 0 fully saturated rings. The van der Waals surface area contributed by atoms with Crippen LogP contribution in [0.3, 0.4) is 0 Å². The van der Waals surface area contributed by atoms with E-state index in [0.29, 0.717) is 0 Å². The second kappa shape index (κ2) is 18.0. The van der Waals surface area contributed by atoms with Crippen LogP contribution in [0.4, 0.5) is 0 Å². The number of hydrogen-bond acceptors (Lipinski definition) is 6. The third-order valence-electron chi connectivity index (χ3n) is 5.48. The van der Waals surface area contributed by atoms with Crippen LogP contribution < -0.4 is 0 Å². The highest BCUT2D eigenvalue weighted by Gasteiger charge is 2.39. The van der Waals surface area contributed by atoms with Crippen LogP contribution in [0.15, 0.2) is 0 Å². The van der Waals surface area contributed by atoms with Crippen molar-refractivity contribution in [3.05, 3.63) is 0 Å². The van der Waals surface area contributed by atoms with Gasteiger partial charge in [0.15, 0.2) is 0 Å². The van der Waals surface area contributed by atoms with Crippen LogP contribution in [0, 0.1) is 0 Å². The molecule has 29 heavy (non-hydrogen) atoms. The molecule has 0 aromatic rings. The molecule has 0 bridgehead atoms. The molecule has 0 aromatic carbocycles. The Labute approximate surface area is 187 Å². The summed E-state index contributed by atoms with van der Waals surface area (Å²) in [5.41, 5.74) is 0. The van der Waals surface area contributed by atoms with Crippen molar-refractivity contribution in [3.63, 3.8) is 0 Å². The predicted molar refractivity (Wildman–Crippen MR) is 127 cm³/mol. The normalized spacial score (nSPS) is 14.5. The summed E-state index contributed by atoms with van der Waals surface area (Å²) in [5, 5.41) is 0. The topological polar surface area (TPSA) is 43.4 Å². The van der Waals surface area contributed by atoms with Gasteiger partial charge in [-0.25, -0.2) is 0 Å². The molecule has 0 aromatic heterocycles. The van der Waals surface area contributed by atoms with E-state index in [0.717, 1.165) is 47.8 Å². The lowest BCUT2D eigenvalue weighted by Gasteiger charge is -2.34. The molecule has 1 atom stereocenters. The zero-order valence-electron chi connectivity index (χ0n) is 20.3. The molecule has 4 radical (unpaired) electrons. The van der Waals surface area contributed by atoms with Crippen LogP contribution in [0.5, 0.6) is 0 Å². The lowest BCUT2D eigenvalue weighted by molar-refractivity contribution is 0.253. The van der Waals surface area contributed by atoms with E-state index in [9.17, 15) is 0 Å². The Morgan fingerprint density at radius 1 is 0.828 bits per heavy atom. The van der Waals surface area contributed by atoms with Crippen LogP contribution in [-0.2, 0) is 17.7 Å². The molecule has 172 valence electrons. The van der Waals surface area contributed by atoms with E-state index in [4.69, 9.17) is 17.7 Å². The van der Waals surface area contributed by atoms with Crippen LogP contribution in [0.25, 0.3) is 0 Å². The average Bonchev–Trinajstić information content (AvgIpc) is 2.73. The summed E-state index contributed by atoms with van der Waals surface area (Å²) < 4.78 is 22.5. The molecule has 6 nitrogen and oxygen atoms in total. The van der Waals surface area contributed by atoms with E-state index in [2.05, 4.69) is 37.6 Å². The molecule has 9 heteroatoms. The van der Waals surface area contributed by atoms with Gasteiger partial charge in [0.1, 0.15) is 0 Å². The van der Waals surface area contributed by atoms with Crippen molar-refractivity contribution in [3.8, 4) is 0 Å². The van der Waals surface area contributed by atoms with Gasteiger partial charge in [-0.1, -0.05) is 33.6 Å². The van der Waals surface area contributed by atoms with Gasteiger partial charge in [-0.3, -0.25) is 0 Å². The Kier molecular flexibility index (Phi) is 18.3. The zero-order chi connectivity index (χ0) is 22.1. The molecule has 0 rings (SSSR count). The fraction of sp³-hybridized carbons (Fsp3) is 1.00. The van der Waals surface area contributed by atoms with Gasteiger partial charge in [-0.15, -0.1) is 0 Å². The molecule has 0 saturated carbocycles. The molecule has 1 unspecified atom stereocenters. The molecule has 0 aliphatic carbocycles. The first kappa shape index (κ1) is 29.4. The summed E-state index contributed by atoms with van der Waals surface area (Å²) in [6.45, 7) is 11.5. The molecular weight excluding hydrogens is 416 g/mol. The quantitative estimate of drug-likeness (QED) is 0.205. The number of unbranched alkanes of at least 4 members (excludes halogenated alkanes) is 2. The molecule has 0 saturated heterocycles.